The maximum absolute atomic E-state index is 14.2. The number of nitrogens with zero attached hydrogens (tertiary/aromatic N) is 6. The van der Waals surface area contributed by atoms with E-state index in [0.717, 1.165) is 32.9 Å². The third kappa shape index (κ3) is 6.58. The molecule has 4 N–H and O–H groups in total. The number of allylic oxidation sites excluding steroid dienone is 1. The average Bonchev–Trinajstić information content (AvgIpc) is 3.83. The van der Waals surface area contributed by atoms with Crippen LogP contribution in [0.5, 0.6) is 0 Å². The third-order valence-corrected chi connectivity index (χ3v) is 11.6. The first-order valence-corrected chi connectivity index (χ1v) is 19.3. The molecule has 2 fully saturated rings. The molecule has 0 unspecified atom stereocenters. The second kappa shape index (κ2) is 15.2. The van der Waals surface area contributed by atoms with Crippen molar-refractivity contribution >= 4 is 63.5 Å². The van der Waals surface area contributed by atoms with E-state index in [1.54, 1.807) is 5.38 Å². The Morgan fingerprint density at radius 1 is 0.964 bits per heavy atom. The number of amides is 3. The van der Waals surface area contributed by atoms with Gasteiger partial charge in [0.05, 0.1) is 6.20 Å². The third-order valence-electron chi connectivity index (χ3n) is 9.58. The number of carbonyl (C=O) groups is 4. The van der Waals surface area contributed by atoms with Crippen LogP contribution in [0.4, 0.5) is 10.9 Å². The van der Waals surface area contributed by atoms with E-state index >= 15 is 0 Å². The van der Waals surface area contributed by atoms with E-state index < -0.39 is 34.8 Å². The Hall–Kier alpha value is -6.65. The maximum Gasteiger partial charge on any atom is 0.352 e. The molecule has 2 aromatic heterocycles. The molecule has 0 spiro atoms. The van der Waals surface area contributed by atoms with Crippen LogP contribution in [0.25, 0.3) is 0 Å². The van der Waals surface area contributed by atoms with Crippen LogP contribution in [0.15, 0.2) is 143 Å². The fourth-order valence-corrected chi connectivity index (χ4v) is 8.82. The highest BCUT2D eigenvalue weighted by Gasteiger charge is 2.54. The molecule has 16 heteroatoms. The molecule has 3 aliphatic heterocycles. The second-order valence-electron chi connectivity index (χ2n) is 12.9. The smallest absolute Gasteiger partial charge is 0.352 e. The number of carboxylic acids is 1. The Labute approximate surface area is 328 Å². The van der Waals surface area contributed by atoms with Gasteiger partial charge in [0.25, 0.3) is 17.7 Å². The number of rotatable bonds is 11. The number of hydrogen-bond acceptors (Lipinski definition) is 12. The normalized spacial score (nSPS) is 19.1. The monoisotopic (exact) mass is 784 g/mol. The molecule has 0 saturated carbocycles. The van der Waals surface area contributed by atoms with E-state index in [2.05, 4.69) is 25.4 Å². The van der Waals surface area contributed by atoms with Crippen LogP contribution >= 0.6 is 23.1 Å². The van der Waals surface area contributed by atoms with Crippen LogP contribution in [0, 0.1) is 0 Å². The highest BCUT2D eigenvalue weighted by Crippen LogP contribution is 2.43. The van der Waals surface area contributed by atoms with Crippen molar-refractivity contribution in [2.24, 2.45) is 5.16 Å². The highest BCUT2D eigenvalue weighted by atomic mass is 32.2. The summed E-state index contributed by atoms with van der Waals surface area (Å²) in [7, 11) is 0. The van der Waals surface area contributed by atoms with Gasteiger partial charge in [-0.05, 0) is 18.1 Å². The van der Waals surface area contributed by atoms with Gasteiger partial charge in [-0.1, -0.05) is 96.2 Å². The molecule has 5 aromatic rings. The van der Waals surface area contributed by atoms with Crippen molar-refractivity contribution in [1.82, 2.24) is 25.2 Å². The Morgan fingerprint density at radius 2 is 1.61 bits per heavy atom. The summed E-state index contributed by atoms with van der Waals surface area (Å²) in [5.74, 6) is -2.49. The highest BCUT2D eigenvalue weighted by molar-refractivity contribution is 8.00. The zero-order valence-corrected chi connectivity index (χ0v) is 31.0. The number of β-lactam (4-membered cyclic amide) rings is 1. The van der Waals surface area contributed by atoms with Gasteiger partial charge in [-0.25, -0.2) is 14.8 Å². The van der Waals surface area contributed by atoms with Gasteiger partial charge in [0.2, 0.25) is 5.60 Å². The van der Waals surface area contributed by atoms with Crippen molar-refractivity contribution in [2.75, 3.05) is 22.9 Å². The fourth-order valence-electron chi connectivity index (χ4n) is 6.96. The first kappa shape index (κ1) is 36.3. The Morgan fingerprint density at radius 3 is 2.16 bits per heavy atom. The number of nitrogen functional groups attached to an aromatic ring is 1. The number of fused-ring (bicyclic) bond motifs is 1. The first-order valence-electron chi connectivity index (χ1n) is 17.4. The number of hydrogen-bond donors (Lipinski definition) is 3. The second-order valence-corrected chi connectivity index (χ2v) is 14.9. The summed E-state index contributed by atoms with van der Waals surface area (Å²) < 4.78 is 0. The van der Waals surface area contributed by atoms with Crippen molar-refractivity contribution in [3.63, 3.8) is 0 Å². The van der Waals surface area contributed by atoms with Crippen molar-refractivity contribution in [2.45, 2.75) is 23.4 Å². The number of nitrogens with one attached hydrogen (secondary N) is 1. The lowest BCUT2D eigenvalue weighted by Gasteiger charge is -2.49. The summed E-state index contributed by atoms with van der Waals surface area (Å²) in [4.78, 5) is 75.6. The Bertz CT molecular complexity index is 2310. The molecule has 56 heavy (non-hydrogen) atoms. The van der Waals surface area contributed by atoms with Gasteiger partial charge in [-0.2, -0.15) is 0 Å². The lowest BCUT2D eigenvalue weighted by atomic mass is 9.80. The number of aromatic nitrogens is 3. The van der Waals surface area contributed by atoms with Gasteiger partial charge in [0.1, 0.15) is 22.8 Å². The van der Waals surface area contributed by atoms with Gasteiger partial charge in [-0.15, -0.1) is 23.1 Å². The summed E-state index contributed by atoms with van der Waals surface area (Å²) in [6, 6.07) is 27.3. The Kier molecular flexibility index (Phi) is 9.88. The SMILES string of the molecule is Nc1nc(C(=NOC(c2ccccc2)(c2ccccc2)c2ccccc2)C(=O)N[C@@H]2C(=O)N3C(C(=O)O)=C(C=C4CCN(c5cnccn5)C4=O)CS[C@H]23)cs1. The van der Waals surface area contributed by atoms with Crippen LogP contribution in [-0.4, -0.2) is 78.1 Å². The molecule has 280 valence electrons. The summed E-state index contributed by atoms with van der Waals surface area (Å²) in [6.07, 6.45) is 6.37. The largest absolute Gasteiger partial charge is 0.477 e. The number of aliphatic carboxylic acids is 1. The van der Waals surface area contributed by atoms with E-state index in [-0.39, 0.29) is 33.9 Å². The van der Waals surface area contributed by atoms with Gasteiger partial charge in [0, 0.05) is 52.3 Å². The van der Waals surface area contributed by atoms with E-state index in [4.69, 9.17) is 10.6 Å². The van der Waals surface area contributed by atoms with Crippen LogP contribution in [0.3, 0.4) is 0 Å². The van der Waals surface area contributed by atoms with E-state index in [1.165, 1.54) is 41.3 Å². The lowest BCUT2D eigenvalue weighted by Crippen LogP contribution is -2.71. The molecular weight excluding hydrogens is 753 g/mol. The molecule has 5 heterocycles. The number of carboxylic acid groups (broad SMARTS) is 1. The minimum Gasteiger partial charge on any atom is -0.477 e. The molecular formula is C40H32N8O6S2. The quantitative estimate of drug-likeness (QED) is 0.0568. The summed E-state index contributed by atoms with van der Waals surface area (Å²) in [5.41, 5.74) is 7.25. The molecule has 0 aliphatic carbocycles. The lowest BCUT2D eigenvalue weighted by molar-refractivity contribution is -0.150. The van der Waals surface area contributed by atoms with E-state index in [9.17, 15) is 24.3 Å². The summed E-state index contributed by atoms with van der Waals surface area (Å²) >= 11 is 2.38. The fraction of sp³-hybridized carbons (Fsp3) is 0.150. The molecule has 3 aromatic carbocycles. The number of thiazole rings is 1. The van der Waals surface area contributed by atoms with Gasteiger partial charge in [-0.3, -0.25) is 29.2 Å². The maximum atomic E-state index is 14.2. The average molecular weight is 785 g/mol. The molecule has 0 radical (unpaired) electrons. The zero-order chi connectivity index (χ0) is 38.8. The van der Waals surface area contributed by atoms with Crippen LogP contribution < -0.4 is 16.0 Å². The van der Waals surface area contributed by atoms with Crippen LogP contribution in [0.2, 0.25) is 0 Å². The summed E-state index contributed by atoms with van der Waals surface area (Å²) in [6.45, 7) is 0.354. The van der Waals surface area contributed by atoms with Crippen LogP contribution in [0.1, 0.15) is 28.8 Å². The predicted molar refractivity (Wildman–Crippen MR) is 210 cm³/mol. The number of thioether (sulfide) groups is 1. The molecule has 8 rings (SSSR count). The minimum absolute atomic E-state index is 0.129. The zero-order valence-electron chi connectivity index (χ0n) is 29.4. The van der Waals surface area contributed by atoms with E-state index in [1.807, 2.05) is 91.0 Å². The topological polar surface area (TPSA) is 193 Å². The van der Waals surface area contributed by atoms with E-state index in [0.29, 0.717) is 29.9 Å². The van der Waals surface area contributed by atoms with Crippen molar-refractivity contribution in [1.29, 1.82) is 0 Å². The number of anilines is 2. The molecule has 14 nitrogen and oxygen atoms in total. The summed E-state index contributed by atoms with van der Waals surface area (Å²) in [5, 5.41) is 18.6. The van der Waals surface area contributed by atoms with Crippen LogP contribution in [-0.2, 0) is 29.6 Å². The Balaban J connectivity index is 1.10. The number of carbonyl (C=O) groups excluding carboxylic acids is 3. The number of benzene rings is 3. The standard InChI is InChI=1S/C40H32N8O6S2/c41-39-44-29(23-56-39)31(46-54-40(26-10-4-1-5-11-26,27-12-6-2-7-13-27)28-14-8-3-9-15-28)34(49)45-32-36(51)48-33(38(52)53)25(22-55-37(32)48)20-24-16-19-47(35(24)50)30-21-42-17-18-43-30/h1-15,17-18,20-21,23,32,37H,16,19,22H2,(H2,41,44)(H,45,49)(H,52,53)/t32-,37-/m1/s1. The molecule has 3 amide bonds. The van der Waals surface area contributed by atoms with Gasteiger partial charge in [0.15, 0.2) is 16.7 Å². The van der Waals surface area contributed by atoms with Crippen molar-refractivity contribution < 1.29 is 29.1 Å². The molecule has 2 atom stereocenters. The van der Waals surface area contributed by atoms with Gasteiger partial charge < -0.3 is 21.0 Å². The van der Waals surface area contributed by atoms with Crippen molar-refractivity contribution in [3.05, 3.63) is 160 Å². The molecule has 3 aliphatic rings. The molecule has 0 bridgehead atoms. The van der Waals surface area contributed by atoms with Gasteiger partial charge >= 0.3 is 5.97 Å². The van der Waals surface area contributed by atoms with Crippen molar-refractivity contribution in [3.8, 4) is 0 Å². The predicted octanol–water partition coefficient (Wildman–Crippen LogP) is 4.33. The molecule has 2 saturated heterocycles. The number of nitrogens with two attached hydrogens (primary N) is 1. The minimum atomic E-state index is -1.33. The number of oxime groups is 1. The first-order chi connectivity index (χ1) is 27.3.